The van der Waals surface area contributed by atoms with E-state index < -0.39 is 10.0 Å². The van der Waals surface area contributed by atoms with E-state index in [2.05, 4.69) is 27.3 Å². The maximum absolute atomic E-state index is 12.4. The quantitative estimate of drug-likeness (QED) is 0.397. The van der Waals surface area contributed by atoms with Crippen LogP contribution in [0.3, 0.4) is 0 Å². The Morgan fingerprint density at radius 1 is 1.42 bits per heavy atom. The van der Waals surface area contributed by atoms with Crippen LogP contribution < -0.4 is 5.32 Å². The summed E-state index contributed by atoms with van der Waals surface area (Å²) in [6, 6.07) is 2.08. The summed E-state index contributed by atoms with van der Waals surface area (Å²) >= 11 is 0. The predicted octanol–water partition coefficient (Wildman–Crippen LogP) is 0.724. The normalized spacial score (nSPS) is 25.2. The monoisotopic (exact) mass is 469 g/mol. The van der Waals surface area contributed by atoms with E-state index in [1.807, 2.05) is 0 Å². The Bertz CT molecular complexity index is 656. The summed E-state index contributed by atoms with van der Waals surface area (Å²) in [6.45, 7) is 4.40. The molecular formula is C14H24IN5O3S. The topological polar surface area (TPSA) is 91.0 Å². The van der Waals surface area contributed by atoms with Gasteiger partial charge in [0, 0.05) is 45.3 Å². The van der Waals surface area contributed by atoms with Crippen LogP contribution in [0.4, 0.5) is 0 Å². The van der Waals surface area contributed by atoms with Gasteiger partial charge in [-0.1, -0.05) is 12.1 Å². The van der Waals surface area contributed by atoms with E-state index in [1.54, 1.807) is 13.1 Å². The minimum atomic E-state index is -3.36. The van der Waals surface area contributed by atoms with Crippen molar-refractivity contribution < 1.29 is 12.9 Å². The maximum Gasteiger partial charge on any atom is 0.220 e. The Morgan fingerprint density at radius 3 is 2.58 bits per heavy atom. The summed E-state index contributed by atoms with van der Waals surface area (Å²) in [5.41, 5.74) is 0.438. The molecule has 2 aliphatic rings. The SMILES string of the molecule is CN=C(NC1CC1C)N1CCN(S(=O)(=O)Cc2ccon2)CC1.I. The average molecular weight is 469 g/mol. The molecule has 136 valence electrons. The third-order valence-electron chi connectivity index (χ3n) is 4.39. The summed E-state index contributed by atoms with van der Waals surface area (Å²) in [5, 5.41) is 7.11. The Kier molecular flexibility index (Phi) is 6.48. The Hall–Kier alpha value is -0.880. The molecule has 2 unspecified atom stereocenters. The fraction of sp³-hybridized carbons (Fsp3) is 0.714. The average Bonchev–Trinajstić information content (AvgIpc) is 2.99. The van der Waals surface area contributed by atoms with E-state index in [0.717, 1.165) is 5.96 Å². The number of halogens is 1. The minimum absolute atomic E-state index is 0. The number of aromatic nitrogens is 1. The number of hydrogen-bond donors (Lipinski definition) is 1. The Morgan fingerprint density at radius 2 is 2.08 bits per heavy atom. The largest absolute Gasteiger partial charge is 0.364 e. The van der Waals surface area contributed by atoms with E-state index in [4.69, 9.17) is 4.52 Å². The second-order valence-electron chi connectivity index (χ2n) is 6.14. The van der Waals surface area contributed by atoms with Crippen molar-refractivity contribution in [2.75, 3.05) is 33.2 Å². The predicted molar refractivity (Wildman–Crippen MR) is 102 cm³/mol. The van der Waals surface area contributed by atoms with Gasteiger partial charge in [0.15, 0.2) is 5.96 Å². The molecule has 8 nitrogen and oxygen atoms in total. The van der Waals surface area contributed by atoms with Gasteiger partial charge < -0.3 is 14.7 Å². The molecule has 1 saturated heterocycles. The van der Waals surface area contributed by atoms with Gasteiger partial charge in [0.05, 0.1) is 5.69 Å². The molecule has 2 atom stereocenters. The summed E-state index contributed by atoms with van der Waals surface area (Å²) in [5.74, 6) is 1.44. The highest BCUT2D eigenvalue weighted by molar-refractivity contribution is 14.0. The zero-order valence-electron chi connectivity index (χ0n) is 13.9. The summed E-state index contributed by atoms with van der Waals surface area (Å²) in [6.07, 6.45) is 2.56. The van der Waals surface area contributed by atoms with E-state index >= 15 is 0 Å². The van der Waals surface area contributed by atoms with Crippen molar-refractivity contribution in [2.45, 2.75) is 25.1 Å². The zero-order valence-corrected chi connectivity index (χ0v) is 17.0. The van der Waals surface area contributed by atoms with Gasteiger partial charge >= 0.3 is 0 Å². The molecule has 2 heterocycles. The van der Waals surface area contributed by atoms with Crippen LogP contribution in [-0.4, -0.2) is 68.0 Å². The number of nitrogens with zero attached hydrogens (tertiary/aromatic N) is 4. The van der Waals surface area contributed by atoms with Gasteiger partial charge in [0.25, 0.3) is 0 Å². The molecule has 1 aliphatic heterocycles. The molecular weight excluding hydrogens is 445 g/mol. The number of rotatable bonds is 4. The highest BCUT2D eigenvalue weighted by Crippen LogP contribution is 2.29. The van der Waals surface area contributed by atoms with Crippen LogP contribution in [-0.2, 0) is 15.8 Å². The van der Waals surface area contributed by atoms with Crippen LogP contribution >= 0.6 is 24.0 Å². The van der Waals surface area contributed by atoms with Gasteiger partial charge in [0.1, 0.15) is 12.0 Å². The third-order valence-corrected chi connectivity index (χ3v) is 6.20. The molecule has 1 N–H and O–H groups in total. The molecule has 1 saturated carbocycles. The van der Waals surface area contributed by atoms with Gasteiger partial charge in [-0.05, 0) is 12.3 Å². The smallest absolute Gasteiger partial charge is 0.220 e. The van der Waals surface area contributed by atoms with E-state index in [9.17, 15) is 8.42 Å². The second kappa shape index (κ2) is 8.00. The lowest BCUT2D eigenvalue weighted by molar-refractivity contribution is 0.259. The molecule has 3 rings (SSSR count). The fourth-order valence-electron chi connectivity index (χ4n) is 2.75. The first-order chi connectivity index (χ1) is 11.0. The summed E-state index contributed by atoms with van der Waals surface area (Å²) in [7, 11) is -1.59. The van der Waals surface area contributed by atoms with Crippen molar-refractivity contribution in [1.29, 1.82) is 0 Å². The molecule has 1 aliphatic carbocycles. The molecule has 0 aromatic carbocycles. The van der Waals surface area contributed by atoms with Crippen LogP contribution in [0.15, 0.2) is 21.8 Å². The number of nitrogens with one attached hydrogen (secondary N) is 1. The van der Waals surface area contributed by atoms with Crippen molar-refractivity contribution in [3.8, 4) is 0 Å². The summed E-state index contributed by atoms with van der Waals surface area (Å²) < 4.78 is 31.0. The van der Waals surface area contributed by atoms with Crippen molar-refractivity contribution in [1.82, 2.24) is 19.7 Å². The molecule has 24 heavy (non-hydrogen) atoms. The van der Waals surface area contributed by atoms with Crippen molar-refractivity contribution in [3.05, 3.63) is 18.0 Å². The third kappa shape index (κ3) is 4.60. The standard InChI is InChI=1S/C14H23N5O3S.HI/c1-11-9-13(11)16-14(15-2)18-4-6-19(7-5-18)23(20,21)10-12-3-8-22-17-12;/h3,8,11,13H,4-7,9-10H2,1-2H3,(H,15,16);1H. The molecule has 0 bridgehead atoms. The lowest BCUT2D eigenvalue weighted by Gasteiger charge is -2.35. The van der Waals surface area contributed by atoms with Gasteiger partial charge in [-0.3, -0.25) is 4.99 Å². The highest BCUT2D eigenvalue weighted by Gasteiger charge is 2.35. The number of hydrogen-bond acceptors (Lipinski definition) is 5. The van der Waals surface area contributed by atoms with E-state index in [1.165, 1.54) is 17.0 Å². The molecule has 10 heteroatoms. The number of guanidine groups is 1. The van der Waals surface area contributed by atoms with Gasteiger partial charge in [-0.15, -0.1) is 24.0 Å². The zero-order chi connectivity index (χ0) is 16.4. The lowest BCUT2D eigenvalue weighted by atomic mass is 10.4. The van der Waals surface area contributed by atoms with Crippen molar-refractivity contribution in [2.24, 2.45) is 10.9 Å². The first-order valence-corrected chi connectivity index (χ1v) is 9.46. The van der Waals surface area contributed by atoms with E-state index in [0.29, 0.717) is 43.8 Å². The number of aliphatic imine (C=N–C) groups is 1. The van der Waals surface area contributed by atoms with E-state index in [-0.39, 0.29) is 29.7 Å². The second-order valence-corrected chi connectivity index (χ2v) is 8.11. The molecule has 1 aromatic rings. The highest BCUT2D eigenvalue weighted by atomic mass is 127. The maximum atomic E-state index is 12.4. The Labute approximate surface area is 159 Å². The molecule has 1 aromatic heterocycles. The van der Waals surface area contributed by atoms with Crippen molar-refractivity contribution in [3.63, 3.8) is 0 Å². The number of sulfonamides is 1. The van der Waals surface area contributed by atoms with Crippen molar-refractivity contribution >= 4 is 40.0 Å². The van der Waals surface area contributed by atoms with Crippen LogP contribution in [0, 0.1) is 5.92 Å². The molecule has 2 fully saturated rings. The van der Waals surface area contributed by atoms with Gasteiger partial charge in [-0.2, -0.15) is 4.31 Å². The van der Waals surface area contributed by atoms with Gasteiger partial charge in [0.2, 0.25) is 10.0 Å². The summed E-state index contributed by atoms with van der Waals surface area (Å²) in [4.78, 5) is 6.43. The lowest BCUT2D eigenvalue weighted by Crippen LogP contribution is -2.54. The van der Waals surface area contributed by atoms with Gasteiger partial charge in [-0.25, -0.2) is 8.42 Å². The Balaban J connectivity index is 0.00000208. The fourth-order valence-corrected chi connectivity index (χ4v) is 4.18. The first-order valence-electron chi connectivity index (χ1n) is 7.85. The molecule has 0 amide bonds. The first kappa shape index (κ1) is 19.4. The number of piperazine rings is 1. The van der Waals surface area contributed by atoms with Crippen LogP contribution in [0.5, 0.6) is 0 Å². The molecule has 0 spiro atoms. The molecule has 0 radical (unpaired) electrons. The van der Waals surface area contributed by atoms with Crippen LogP contribution in [0.2, 0.25) is 0 Å². The van der Waals surface area contributed by atoms with Crippen LogP contribution in [0.25, 0.3) is 0 Å². The minimum Gasteiger partial charge on any atom is -0.364 e. The van der Waals surface area contributed by atoms with Crippen LogP contribution in [0.1, 0.15) is 19.0 Å².